The zero-order valence-corrected chi connectivity index (χ0v) is 14.3. The van der Waals surface area contributed by atoms with Crippen molar-refractivity contribution in [3.05, 3.63) is 59.9 Å². The van der Waals surface area contributed by atoms with E-state index in [2.05, 4.69) is 10.3 Å². The van der Waals surface area contributed by atoms with Crippen LogP contribution in [0.15, 0.2) is 48.7 Å². The van der Waals surface area contributed by atoms with Gasteiger partial charge in [0.1, 0.15) is 24.9 Å². The number of piperazine rings is 1. The number of rotatable bonds is 5. The average molecular weight is 353 g/mol. The van der Waals surface area contributed by atoms with Crippen molar-refractivity contribution in [2.24, 2.45) is 0 Å². The Morgan fingerprint density at radius 3 is 2.65 bits per heavy atom. The number of hydrogen-bond donors (Lipinski definition) is 1. The van der Waals surface area contributed by atoms with Crippen molar-refractivity contribution < 1.29 is 19.1 Å². The maximum atomic E-state index is 12.3. The first kappa shape index (κ1) is 17.6. The molecule has 0 spiro atoms. The topological polar surface area (TPSA) is 88.6 Å². The molecular weight excluding hydrogens is 334 g/mol. The number of hydrogen-bond acceptors (Lipinski definition) is 5. The fraction of sp³-hybridized carbons (Fsp3) is 0.263. The van der Waals surface area contributed by atoms with Crippen LogP contribution in [0.5, 0.6) is 5.75 Å². The summed E-state index contributed by atoms with van der Waals surface area (Å²) >= 11 is 0. The second-order valence-electron chi connectivity index (χ2n) is 6.03. The molecule has 0 bridgehead atoms. The molecule has 7 heteroatoms. The first-order valence-corrected chi connectivity index (χ1v) is 8.26. The lowest BCUT2D eigenvalue weighted by Crippen LogP contribution is -2.59. The predicted octanol–water partition coefficient (Wildman–Crippen LogP) is 1.08. The maximum Gasteiger partial charge on any atom is 0.252 e. The quantitative estimate of drug-likeness (QED) is 0.869. The van der Waals surface area contributed by atoms with Crippen LogP contribution in [-0.2, 0) is 27.4 Å². The van der Waals surface area contributed by atoms with Gasteiger partial charge in [-0.05, 0) is 17.7 Å². The molecule has 2 aromatic rings. The number of carbonyl (C=O) groups is 3. The Morgan fingerprint density at radius 1 is 1.23 bits per heavy atom. The zero-order valence-electron chi connectivity index (χ0n) is 14.3. The summed E-state index contributed by atoms with van der Waals surface area (Å²) in [7, 11) is 0. The van der Waals surface area contributed by atoms with Gasteiger partial charge in [0.25, 0.3) is 5.91 Å². The third-order valence-corrected chi connectivity index (χ3v) is 4.04. The van der Waals surface area contributed by atoms with Crippen molar-refractivity contribution in [1.82, 2.24) is 15.2 Å². The molecule has 1 unspecified atom stereocenters. The van der Waals surface area contributed by atoms with Crippen LogP contribution in [0.25, 0.3) is 0 Å². The molecule has 1 aliphatic rings. The first-order chi connectivity index (χ1) is 12.5. The zero-order chi connectivity index (χ0) is 18.5. The van der Waals surface area contributed by atoms with E-state index in [1.807, 2.05) is 30.3 Å². The molecule has 1 saturated heterocycles. The third-order valence-electron chi connectivity index (χ3n) is 4.04. The molecule has 1 fully saturated rings. The summed E-state index contributed by atoms with van der Waals surface area (Å²) in [5.74, 6) is -0.592. The van der Waals surface area contributed by atoms with E-state index in [1.165, 1.54) is 6.92 Å². The first-order valence-electron chi connectivity index (χ1n) is 8.26. The molecule has 1 atom stereocenters. The summed E-state index contributed by atoms with van der Waals surface area (Å²) in [6.07, 6.45) is 1.80. The molecule has 7 nitrogen and oxygen atoms in total. The summed E-state index contributed by atoms with van der Waals surface area (Å²) in [4.78, 5) is 40.7. The van der Waals surface area contributed by atoms with Crippen LogP contribution in [0, 0.1) is 0 Å². The molecule has 1 aliphatic heterocycles. The molecule has 1 aromatic carbocycles. The van der Waals surface area contributed by atoms with Gasteiger partial charge in [0.05, 0.1) is 6.20 Å². The Kier molecular flexibility index (Phi) is 5.26. The lowest BCUT2D eigenvalue weighted by atomic mass is 10.1. The Balaban J connectivity index is 1.60. The van der Waals surface area contributed by atoms with E-state index in [9.17, 15) is 14.4 Å². The van der Waals surface area contributed by atoms with Crippen molar-refractivity contribution >= 4 is 17.7 Å². The van der Waals surface area contributed by atoms with Crippen LogP contribution < -0.4 is 10.1 Å². The van der Waals surface area contributed by atoms with Crippen molar-refractivity contribution in [3.8, 4) is 5.75 Å². The second-order valence-corrected chi connectivity index (χ2v) is 6.03. The minimum atomic E-state index is -0.788. The monoisotopic (exact) mass is 353 g/mol. The predicted molar refractivity (Wildman–Crippen MR) is 93.0 cm³/mol. The van der Waals surface area contributed by atoms with E-state index < -0.39 is 17.9 Å². The van der Waals surface area contributed by atoms with Gasteiger partial charge in [0, 0.05) is 19.0 Å². The van der Waals surface area contributed by atoms with E-state index in [0.29, 0.717) is 18.1 Å². The number of benzene rings is 1. The molecule has 1 N–H and O–H groups in total. The Morgan fingerprint density at radius 2 is 2.00 bits per heavy atom. The van der Waals surface area contributed by atoms with Crippen LogP contribution in [0.1, 0.15) is 18.2 Å². The van der Waals surface area contributed by atoms with E-state index in [-0.39, 0.29) is 18.9 Å². The number of aromatic nitrogens is 1. The number of nitrogens with one attached hydrogen (secondary N) is 1. The van der Waals surface area contributed by atoms with Gasteiger partial charge in [-0.1, -0.05) is 30.3 Å². The average Bonchev–Trinajstić information content (AvgIpc) is 2.64. The molecule has 3 rings (SSSR count). The number of pyridine rings is 1. The standard InChI is InChI=1S/C19H19N3O4/c1-13(23)22-11-18(24)21-17(19(22)25)9-15-7-8-16(10-20-15)26-12-14-5-3-2-4-6-14/h2-8,10,17H,9,11-12H2,1H3,(H,21,24). The number of amides is 3. The highest BCUT2D eigenvalue weighted by molar-refractivity contribution is 6.04. The normalized spacial score (nSPS) is 17.0. The Hall–Kier alpha value is -3.22. The van der Waals surface area contributed by atoms with Crippen molar-refractivity contribution in [1.29, 1.82) is 0 Å². The van der Waals surface area contributed by atoms with Gasteiger partial charge in [-0.25, -0.2) is 0 Å². The molecule has 2 heterocycles. The van der Waals surface area contributed by atoms with Gasteiger partial charge in [0.15, 0.2) is 0 Å². The molecular formula is C19H19N3O4. The van der Waals surface area contributed by atoms with E-state index in [1.54, 1.807) is 18.3 Å². The minimum Gasteiger partial charge on any atom is -0.487 e. The third kappa shape index (κ3) is 4.24. The van der Waals surface area contributed by atoms with Crippen molar-refractivity contribution in [3.63, 3.8) is 0 Å². The summed E-state index contributed by atoms with van der Waals surface area (Å²) in [6, 6.07) is 12.5. The summed E-state index contributed by atoms with van der Waals surface area (Å²) < 4.78 is 5.67. The van der Waals surface area contributed by atoms with Gasteiger partial charge in [-0.15, -0.1) is 0 Å². The summed E-state index contributed by atoms with van der Waals surface area (Å²) in [5, 5.41) is 2.61. The van der Waals surface area contributed by atoms with Crippen LogP contribution in [0.3, 0.4) is 0 Å². The fourth-order valence-electron chi connectivity index (χ4n) is 2.68. The summed E-state index contributed by atoms with van der Waals surface area (Å²) in [5.41, 5.74) is 1.68. The smallest absolute Gasteiger partial charge is 0.252 e. The lowest BCUT2D eigenvalue weighted by Gasteiger charge is -2.30. The fourth-order valence-corrected chi connectivity index (χ4v) is 2.68. The highest BCUT2D eigenvalue weighted by Crippen LogP contribution is 2.14. The van der Waals surface area contributed by atoms with Crippen LogP contribution in [0.2, 0.25) is 0 Å². The Labute approximate surface area is 151 Å². The van der Waals surface area contributed by atoms with Crippen molar-refractivity contribution in [2.75, 3.05) is 6.54 Å². The highest BCUT2D eigenvalue weighted by atomic mass is 16.5. The van der Waals surface area contributed by atoms with E-state index in [0.717, 1.165) is 10.5 Å². The minimum absolute atomic E-state index is 0.216. The Bertz CT molecular complexity index is 805. The van der Waals surface area contributed by atoms with E-state index in [4.69, 9.17) is 4.74 Å². The molecule has 0 saturated carbocycles. The molecule has 1 aromatic heterocycles. The molecule has 0 aliphatic carbocycles. The van der Waals surface area contributed by atoms with Gasteiger partial charge in [-0.3, -0.25) is 24.3 Å². The van der Waals surface area contributed by atoms with Gasteiger partial charge < -0.3 is 10.1 Å². The molecule has 26 heavy (non-hydrogen) atoms. The van der Waals surface area contributed by atoms with Gasteiger partial charge in [0.2, 0.25) is 11.8 Å². The second kappa shape index (κ2) is 7.77. The van der Waals surface area contributed by atoms with Crippen LogP contribution in [-0.4, -0.2) is 40.2 Å². The maximum absolute atomic E-state index is 12.3. The number of carbonyl (C=O) groups excluding carboxylic acids is 3. The number of nitrogens with zero attached hydrogens (tertiary/aromatic N) is 2. The van der Waals surface area contributed by atoms with Crippen LogP contribution >= 0.6 is 0 Å². The van der Waals surface area contributed by atoms with Gasteiger partial charge >= 0.3 is 0 Å². The SMILES string of the molecule is CC(=O)N1CC(=O)NC(Cc2ccc(OCc3ccccc3)cn2)C1=O. The summed E-state index contributed by atoms with van der Waals surface area (Å²) in [6.45, 7) is 1.47. The highest BCUT2D eigenvalue weighted by Gasteiger charge is 2.34. The van der Waals surface area contributed by atoms with Crippen LogP contribution in [0.4, 0.5) is 0 Å². The number of imide groups is 1. The van der Waals surface area contributed by atoms with Crippen molar-refractivity contribution in [2.45, 2.75) is 26.0 Å². The molecule has 3 amide bonds. The molecule has 0 radical (unpaired) electrons. The largest absolute Gasteiger partial charge is 0.487 e. The van der Waals surface area contributed by atoms with E-state index >= 15 is 0 Å². The van der Waals surface area contributed by atoms with Gasteiger partial charge in [-0.2, -0.15) is 0 Å². The molecule has 134 valence electrons. The lowest BCUT2D eigenvalue weighted by molar-refractivity contribution is -0.152. The number of ether oxygens (including phenoxy) is 1.